The number of nitrogen functional groups attached to an aromatic ring is 1. The van der Waals surface area contributed by atoms with Crippen LogP contribution in [-0.4, -0.2) is 75.2 Å². The highest BCUT2D eigenvalue weighted by molar-refractivity contribution is 8.00. The van der Waals surface area contributed by atoms with Crippen LogP contribution in [0.3, 0.4) is 0 Å². The summed E-state index contributed by atoms with van der Waals surface area (Å²) in [5.74, 6) is -2.22. The molecule has 3 amide bonds. The first-order valence-corrected chi connectivity index (χ1v) is 20.6. The zero-order chi connectivity index (χ0) is 41.1. The molecule has 0 aliphatic carbocycles. The molecule has 3 aliphatic heterocycles. The lowest BCUT2D eigenvalue weighted by molar-refractivity contribution is -0.150. The predicted octanol–water partition coefficient (Wildman–Crippen LogP) is 5.24. The molecular formula is C44H38N6O7S2. The zero-order valence-corrected chi connectivity index (χ0v) is 33.3. The number of nitrogens with one attached hydrogen (secondary N) is 2. The van der Waals surface area contributed by atoms with E-state index < -0.39 is 34.8 Å². The quantitative estimate of drug-likeness (QED) is 0.0402. The molecule has 1 aromatic heterocycles. The van der Waals surface area contributed by atoms with Crippen molar-refractivity contribution in [1.82, 2.24) is 20.5 Å². The average Bonchev–Trinajstić information content (AvgIpc) is 3.91. The van der Waals surface area contributed by atoms with E-state index in [1.807, 2.05) is 109 Å². The minimum atomic E-state index is -1.33. The van der Waals surface area contributed by atoms with Crippen LogP contribution in [0.4, 0.5) is 5.13 Å². The van der Waals surface area contributed by atoms with Gasteiger partial charge in [0, 0.05) is 39.9 Å². The van der Waals surface area contributed by atoms with Crippen LogP contribution >= 0.6 is 23.1 Å². The highest BCUT2D eigenvalue weighted by Gasteiger charge is 2.55. The number of carboxylic acids is 1. The number of oxime groups is 1. The van der Waals surface area contributed by atoms with Crippen LogP contribution in [0.15, 0.2) is 148 Å². The van der Waals surface area contributed by atoms with Crippen molar-refractivity contribution in [1.29, 1.82) is 0 Å². The maximum atomic E-state index is 14.4. The van der Waals surface area contributed by atoms with Crippen molar-refractivity contribution in [2.75, 3.05) is 25.1 Å². The van der Waals surface area contributed by atoms with Gasteiger partial charge in [0.05, 0.1) is 7.11 Å². The van der Waals surface area contributed by atoms with E-state index in [1.54, 1.807) is 18.6 Å². The lowest BCUT2D eigenvalue weighted by Gasteiger charge is -2.49. The van der Waals surface area contributed by atoms with Crippen molar-refractivity contribution in [2.24, 2.45) is 5.16 Å². The number of carbonyl (C=O) groups excluding carboxylic acids is 3. The summed E-state index contributed by atoms with van der Waals surface area (Å²) >= 11 is 2.41. The number of β-lactam (4-membered cyclic amide) rings is 1. The van der Waals surface area contributed by atoms with Crippen LogP contribution in [0, 0.1) is 0 Å². The van der Waals surface area contributed by atoms with E-state index in [4.69, 9.17) is 15.3 Å². The molecule has 0 bridgehead atoms. The van der Waals surface area contributed by atoms with Crippen molar-refractivity contribution in [2.45, 2.75) is 29.9 Å². The van der Waals surface area contributed by atoms with Crippen LogP contribution < -0.4 is 21.1 Å². The van der Waals surface area contributed by atoms with Crippen molar-refractivity contribution in [3.05, 3.63) is 171 Å². The normalized spacial score (nSPS) is 18.7. The van der Waals surface area contributed by atoms with Crippen LogP contribution in [0.25, 0.3) is 0 Å². The SMILES string of the molecule is COc1cccc(CC(=C2CCNC2=O)C2=C(C(=O)O)N3C(=O)[C@@H](NC(=O)C(=NOC(c4ccccc4)(c4ccccc4)c4ccccc4)c4csc(N)n4)[C@H]3SC2)c1. The third-order valence-electron chi connectivity index (χ3n) is 10.4. The lowest BCUT2D eigenvalue weighted by Crippen LogP contribution is -2.71. The zero-order valence-electron chi connectivity index (χ0n) is 31.7. The number of hydrogen-bond acceptors (Lipinski definition) is 11. The highest BCUT2D eigenvalue weighted by atomic mass is 32.2. The number of hydrogen-bond donors (Lipinski definition) is 4. The number of amides is 3. The molecule has 0 saturated carbocycles. The molecule has 59 heavy (non-hydrogen) atoms. The topological polar surface area (TPSA) is 186 Å². The average molecular weight is 827 g/mol. The second kappa shape index (κ2) is 16.6. The smallest absolute Gasteiger partial charge is 0.352 e. The number of carboxylic acid groups (broad SMARTS) is 1. The van der Waals surface area contributed by atoms with Gasteiger partial charge in [-0.05, 0) is 41.7 Å². The van der Waals surface area contributed by atoms with Gasteiger partial charge in [-0.3, -0.25) is 19.3 Å². The van der Waals surface area contributed by atoms with Gasteiger partial charge in [-0.1, -0.05) is 108 Å². The summed E-state index contributed by atoms with van der Waals surface area (Å²) < 4.78 is 5.41. The molecule has 0 radical (unpaired) electrons. The molecule has 4 aromatic carbocycles. The molecule has 5 N–H and O–H groups in total. The van der Waals surface area contributed by atoms with Gasteiger partial charge in [0.1, 0.15) is 28.6 Å². The van der Waals surface area contributed by atoms with Crippen LogP contribution in [0.5, 0.6) is 5.75 Å². The van der Waals surface area contributed by atoms with E-state index >= 15 is 0 Å². The number of aromatic nitrogens is 1. The van der Waals surface area contributed by atoms with E-state index in [1.165, 1.54) is 16.7 Å². The fourth-order valence-electron chi connectivity index (χ4n) is 7.64. The van der Waals surface area contributed by atoms with Gasteiger partial charge in [-0.2, -0.15) is 0 Å². The molecular weight excluding hydrogens is 789 g/mol. The Morgan fingerprint density at radius 3 is 2.15 bits per heavy atom. The molecule has 298 valence electrons. The minimum Gasteiger partial charge on any atom is -0.497 e. The Hall–Kier alpha value is -6.71. The van der Waals surface area contributed by atoms with Crippen molar-refractivity contribution >= 4 is 57.6 Å². The number of carbonyl (C=O) groups is 4. The van der Waals surface area contributed by atoms with E-state index in [-0.39, 0.29) is 40.3 Å². The first-order chi connectivity index (χ1) is 28.7. The summed E-state index contributed by atoms with van der Waals surface area (Å²) in [5, 5.41) is 21.8. The fourth-order valence-corrected chi connectivity index (χ4v) is 9.57. The fraction of sp³-hybridized carbons (Fsp3) is 0.182. The molecule has 3 aliphatic rings. The monoisotopic (exact) mass is 826 g/mol. The molecule has 0 spiro atoms. The Balaban J connectivity index is 1.14. The van der Waals surface area contributed by atoms with E-state index in [2.05, 4.69) is 20.8 Å². The number of methoxy groups -OCH3 is 1. The maximum Gasteiger partial charge on any atom is 0.352 e. The Kier molecular flexibility index (Phi) is 11.0. The number of aliphatic carboxylic acids is 1. The van der Waals surface area contributed by atoms with Crippen molar-refractivity contribution < 1.29 is 33.9 Å². The molecule has 4 heterocycles. The number of ether oxygens (including phenoxy) is 1. The lowest BCUT2D eigenvalue weighted by atomic mass is 9.80. The van der Waals surface area contributed by atoms with Crippen LogP contribution in [-0.2, 0) is 36.0 Å². The molecule has 0 unspecified atom stereocenters. The molecule has 15 heteroatoms. The summed E-state index contributed by atoms with van der Waals surface area (Å²) in [6.45, 7) is 0.416. The molecule has 2 fully saturated rings. The van der Waals surface area contributed by atoms with E-state index in [0.29, 0.717) is 35.4 Å². The summed E-state index contributed by atoms with van der Waals surface area (Å²) in [4.78, 5) is 66.7. The van der Waals surface area contributed by atoms with Gasteiger partial charge in [0.15, 0.2) is 10.8 Å². The van der Waals surface area contributed by atoms with Crippen molar-refractivity contribution in [3.8, 4) is 5.75 Å². The first kappa shape index (κ1) is 39.1. The maximum absolute atomic E-state index is 14.4. The van der Waals surface area contributed by atoms with Crippen LogP contribution in [0.2, 0.25) is 0 Å². The Labute approximate surface area is 347 Å². The molecule has 13 nitrogen and oxygen atoms in total. The van der Waals surface area contributed by atoms with Gasteiger partial charge in [-0.25, -0.2) is 9.78 Å². The summed E-state index contributed by atoms with van der Waals surface area (Å²) in [5.41, 5.74) is 8.79. The largest absolute Gasteiger partial charge is 0.497 e. The van der Waals surface area contributed by atoms with Crippen LogP contribution in [0.1, 0.15) is 34.4 Å². The third kappa shape index (κ3) is 7.45. The highest BCUT2D eigenvalue weighted by Crippen LogP contribution is 2.44. The number of benzene rings is 4. The van der Waals surface area contributed by atoms with Gasteiger partial charge >= 0.3 is 5.97 Å². The van der Waals surface area contributed by atoms with Gasteiger partial charge in [-0.15, -0.1) is 23.1 Å². The minimum absolute atomic E-state index is 0.130. The molecule has 5 aromatic rings. The van der Waals surface area contributed by atoms with Crippen molar-refractivity contribution in [3.63, 3.8) is 0 Å². The number of allylic oxidation sites excluding steroid dienone is 1. The van der Waals surface area contributed by atoms with Gasteiger partial charge in [0.25, 0.3) is 11.8 Å². The number of fused-ring (bicyclic) bond motifs is 1. The first-order valence-electron chi connectivity index (χ1n) is 18.7. The number of anilines is 1. The Morgan fingerprint density at radius 1 is 0.966 bits per heavy atom. The summed E-state index contributed by atoms with van der Waals surface area (Å²) in [6, 6.07) is 34.7. The number of nitrogens with two attached hydrogens (primary N) is 1. The second-order valence-electron chi connectivity index (χ2n) is 13.9. The van der Waals surface area contributed by atoms with Gasteiger partial charge in [0.2, 0.25) is 11.5 Å². The molecule has 8 rings (SSSR count). The number of rotatable bonds is 13. The molecule has 2 saturated heterocycles. The van der Waals surface area contributed by atoms with Gasteiger partial charge < -0.3 is 31.0 Å². The summed E-state index contributed by atoms with van der Waals surface area (Å²) in [6.07, 6.45) is 0.646. The number of nitrogens with zero attached hydrogens (tertiary/aromatic N) is 3. The number of thioether (sulfide) groups is 1. The second-order valence-corrected chi connectivity index (χ2v) is 15.9. The number of thiazole rings is 1. The Bertz CT molecular complexity index is 2430. The Morgan fingerprint density at radius 2 is 1.61 bits per heavy atom. The van der Waals surface area contributed by atoms with E-state index in [9.17, 15) is 24.3 Å². The third-order valence-corrected chi connectivity index (χ3v) is 12.4. The summed E-state index contributed by atoms with van der Waals surface area (Å²) in [7, 11) is 1.55. The van der Waals surface area contributed by atoms with E-state index in [0.717, 1.165) is 33.6 Å². The molecule has 2 atom stereocenters. The standard InChI is InChI=1S/C44H38N6O7S2/c1-56-30-19-11-12-26(22-30)23-32(31-20-21-46-38(31)51)33-24-58-41-36(40(53)50(41)37(33)42(54)55)48-39(52)35(34-25-59-43(45)47-34)49-57-44(27-13-5-2-6-14-27,28-15-7-3-8-16-28)29-17-9-4-10-18-29/h2-19,22,25,36,41H,20-21,23-24H2,1H3,(H2,45,47)(H,46,51)(H,48,52)(H,54,55)/t36-,41-/m1/s1. The predicted molar refractivity (Wildman–Crippen MR) is 224 cm³/mol.